The molecule has 1 aromatic carbocycles. The smallest absolute Gasteiger partial charge is 0.266 e. The van der Waals surface area contributed by atoms with Gasteiger partial charge in [0.15, 0.2) is 11.6 Å². The lowest BCUT2D eigenvalue weighted by molar-refractivity contribution is 0.475. The number of aromatic nitrogens is 4. The Hall–Kier alpha value is -3.43. The van der Waals surface area contributed by atoms with Gasteiger partial charge in [-0.3, -0.25) is 14.4 Å². The third-order valence-corrected chi connectivity index (χ3v) is 6.43. The summed E-state index contributed by atoms with van der Waals surface area (Å²) in [7, 11) is -2.29. The van der Waals surface area contributed by atoms with Crippen LogP contribution >= 0.6 is 11.6 Å². The second kappa shape index (κ2) is 8.84. The molecule has 0 amide bonds. The number of benzene rings is 1. The van der Waals surface area contributed by atoms with Gasteiger partial charge in [0.25, 0.3) is 10.0 Å². The van der Waals surface area contributed by atoms with E-state index in [0.717, 1.165) is 22.3 Å². The van der Waals surface area contributed by atoms with Crippen molar-refractivity contribution < 1.29 is 13.2 Å². The maximum absolute atomic E-state index is 12.9. The summed E-state index contributed by atoms with van der Waals surface area (Å²) in [5, 5.41) is 4.41. The van der Waals surface area contributed by atoms with Gasteiger partial charge in [-0.25, -0.2) is 13.4 Å². The van der Waals surface area contributed by atoms with Gasteiger partial charge in [-0.15, -0.1) is 0 Å². The summed E-state index contributed by atoms with van der Waals surface area (Å²) in [4.78, 5) is 8.49. The van der Waals surface area contributed by atoms with Crippen LogP contribution < -0.4 is 9.46 Å². The van der Waals surface area contributed by atoms with Crippen molar-refractivity contribution in [3.05, 3.63) is 77.0 Å². The van der Waals surface area contributed by atoms with Crippen molar-refractivity contribution >= 4 is 27.4 Å². The number of nitrogens with one attached hydrogen (secondary N) is 1. The molecule has 170 valence electrons. The number of hydrogen-bond donors (Lipinski definition) is 1. The van der Waals surface area contributed by atoms with Crippen molar-refractivity contribution in [2.45, 2.75) is 25.7 Å². The molecule has 0 aliphatic rings. The molecule has 3 aromatic heterocycles. The molecule has 0 saturated heterocycles. The summed E-state index contributed by atoms with van der Waals surface area (Å²) in [5.74, 6) is 0.928. The van der Waals surface area contributed by atoms with Crippen LogP contribution in [-0.4, -0.2) is 28.2 Å². The fraction of sp³-hybridized carbons (Fsp3) is 0.174. The van der Waals surface area contributed by atoms with E-state index < -0.39 is 10.0 Å². The lowest BCUT2D eigenvalue weighted by Gasteiger charge is -2.17. The zero-order valence-electron chi connectivity index (χ0n) is 18.5. The molecule has 4 aromatic rings. The highest BCUT2D eigenvalue weighted by atomic mass is 35.5. The average molecular weight is 484 g/mol. The molecule has 8 nitrogen and oxygen atoms in total. The molecule has 0 bridgehead atoms. The Kier molecular flexibility index (Phi) is 6.09. The van der Waals surface area contributed by atoms with Crippen LogP contribution in [0.25, 0.3) is 11.1 Å². The Morgan fingerprint density at radius 2 is 1.67 bits per heavy atom. The van der Waals surface area contributed by atoms with E-state index in [1.807, 2.05) is 32.9 Å². The third kappa shape index (κ3) is 4.99. The molecule has 10 heteroatoms. The van der Waals surface area contributed by atoms with Crippen molar-refractivity contribution in [1.82, 2.24) is 19.7 Å². The summed E-state index contributed by atoms with van der Waals surface area (Å²) in [5.41, 5.74) is 4.34. The predicted octanol–water partition coefficient (Wildman–Crippen LogP) is 5.05. The highest BCUT2D eigenvalue weighted by Gasteiger charge is 2.21. The van der Waals surface area contributed by atoms with Gasteiger partial charge in [-0.1, -0.05) is 29.3 Å². The summed E-state index contributed by atoms with van der Waals surface area (Å²) in [6.07, 6.45) is 7.39. The number of hydrogen-bond acceptors (Lipinski definition) is 6. The van der Waals surface area contributed by atoms with E-state index in [-0.39, 0.29) is 16.5 Å². The van der Waals surface area contributed by atoms with Gasteiger partial charge in [0.2, 0.25) is 0 Å². The molecular formula is C23H22ClN5O3S. The average Bonchev–Trinajstić information content (AvgIpc) is 3.19. The Morgan fingerprint density at radius 3 is 2.30 bits per heavy atom. The number of pyridine rings is 2. The van der Waals surface area contributed by atoms with Crippen LogP contribution in [0.2, 0.25) is 5.02 Å². The standard InChI is InChI=1S/C23H22ClN5O3S/c1-14-5-15(2)22(16(3)6-14)32-21-8-18(17-7-19(24)11-25-9-17)10-26-23(21)28-33(30,31)20-12-27-29(4)13-20/h5-13H,1-4H3,(H,26,28). The zero-order chi connectivity index (χ0) is 23.8. The first-order valence-electron chi connectivity index (χ1n) is 10.0. The normalized spacial score (nSPS) is 11.4. The van der Waals surface area contributed by atoms with Gasteiger partial charge in [0.1, 0.15) is 10.6 Å². The first-order valence-corrected chi connectivity index (χ1v) is 11.9. The predicted molar refractivity (Wildman–Crippen MR) is 127 cm³/mol. The molecule has 0 fully saturated rings. The molecule has 1 N–H and O–H groups in total. The molecule has 0 saturated carbocycles. The van der Waals surface area contributed by atoms with Crippen molar-refractivity contribution in [3.8, 4) is 22.6 Å². The number of aryl methyl sites for hydroxylation is 4. The summed E-state index contributed by atoms with van der Waals surface area (Å²) < 4.78 is 36.0. The Bertz CT molecular complexity index is 1430. The van der Waals surface area contributed by atoms with Crippen LogP contribution in [0.3, 0.4) is 0 Å². The number of rotatable bonds is 6. The van der Waals surface area contributed by atoms with Gasteiger partial charge in [-0.2, -0.15) is 5.10 Å². The number of nitrogens with zero attached hydrogens (tertiary/aromatic N) is 4. The highest BCUT2D eigenvalue weighted by molar-refractivity contribution is 7.92. The Balaban J connectivity index is 1.80. The van der Waals surface area contributed by atoms with Crippen molar-refractivity contribution in [3.63, 3.8) is 0 Å². The van der Waals surface area contributed by atoms with Gasteiger partial charge in [0.05, 0.1) is 11.2 Å². The number of ether oxygens (including phenoxy) is 1. The first-order chi connectivity index (χ1) is 15.6. The zero-order valence-corrected chi connectivity index (χ0v) is 20.1. The van der Waals surface area contributed by atoms with Gasteiger partial charge in [-0.05, 0) is 44.0 Å². The quantitative estimate of drug-likeness (QED) is 0.412. The number of halogens is 1. The first kappa shape index (κ1) is 22.8. The van der Waals surface area contributed by atoms with E-state index in [9.17, 15) is 8.42 Å². The van der Waals surface area contributed by atoms with Gasteiger partial charge >= 0.3 is 0 Å². The maximum Gasteiger partial charge on any atom is 0.266 e. The van der Waals surface area contributed by atoms with E-state index in [0.29, 0.717) is 16.3 Å². The molecule has 4 rings (SSSR count). The number of anilines is 1. The molecule has 0 atom stereocenters. The second-order valence-electron chi connectivity index (χ2n) is 7.75. The van der Waals surface area contributed by atoms with Crippen molar-refractivity contribution in [2.75, 3.05) is 4.72 Å². The van der Waals surface area contributed by atoms with E-state index >= 15 is 0 Å². The minimum Gasteiger partial charge on any atom is -0.453 e. The Morgan fingerprint density at radius 1 is 0.970 bits per heavy atom. The molecular weight excluding hydrogens is 462 g/mol. The maximum atomic E-state index is 12.9. The van der Waals surface area contributed by atoms with E-state index in [4.69, 9.17) is 16.3 Å². The minimum atomic E-state index is -3.93. The molecule has 0 aliphatic carbocycles. The third-order valence-electron chi connectivity index (χ3n) is 4.93. The Labute approximate surface area is 197 Å². The van der Waals surface area contributed by atoms with Crippen LogP contribution in [0.5, 0.6) is 11.5 Å². The summed E-state index contributed by atoms with van der Waals surface area (Å²) in [6, 6.07) is 7.46. The molecule has 0 unspecified atom stereocenters. The lowest BCUT2D eigenvalue weighted by atomic mass is 10.1. The van der Waals surface area contributed by atoms with Crippen LogP contribution in [0.1, 0.15) is 16.7 Å². The van der Waals surface area contributed by atoms with Crippen molar-refractivity contribution in [2.24, 2.45) is 7.05 Å². The molecule has 0 aliphatic heterocycles. The molecule has 3 heterocycles. The van der Waals surface area contributed by atoms with E-state index in [2.05, 4.69) is 19.8 Å². The lowest BCUT2D eigenvalue weighted by Crippen LogP contribution is -2.14. The van der Waals surface area contributed by atoms with E-state index in [1.165, 1.54) is 29.5 Å². The largest absolute Gasteiger partial charge is 0.453 e. The SMILES string of the molecule is Cc1cc(C)c(Oc2cc(-c3cncc(Cl)c3)cnc2NS(=O)(=O)c2cnn(C)c2)c(C)c1. The fourth-order valence-electron chi connectivity index (χ4n) is 3.49. The van der Waals surface area contributed by atoms with Gasteiger partial charge < -0.3 is 4.74 Å². The van der Waals surface area contributed by atoms with Crippen LogP contribution in [0, 0.1) is 20.8 Å². The van der Waals surface area contributed by atoms with Crippen LogP contribution in [0.4, 0.5) is 5.82 Å². The summed E-state index contributed by atoms with van der Waals surface area (Å²) in [6.45, 7) is 5.88. The van der Waals surface area contributed by atoms with Crippen LogP contribution in [0.15, 0.2) is 60.1 Å². The van der Waals surface area contributed by atoms with E-state index in [1.54, 1.807) is 25.4 Å². The highest BCUT2D eigenvalue weighted by Crippen LogP contribution is 2.36. The number of sulfonamides is 1. The summed E-state index contributed by atoms with van der Waals surface area (Å²) >= 11 is 6.10. The molecule has 33 heavy (non-hydrogen) atoms. The monoisotopic (exact) mass is 483 g/mol. The topological polar surface area (TPSA) is 99.0 Å². The minimum absolute atomic E-state index is 0.0172. The van der Waals surface area contributed by atoms with Gasteiger partial charge in [0, 0.05) is 43.0 Å². The molecule has 0 spiro atoms. The van der Waals surface area contributed by atoms with Crippen molar-refractivity contribution in [1.29, 1.82) is 0 Å². The fourth-order valence-corrected chi connectivity index (χ4v) is 4.66. The molecule has 0 radical (unpaired) electrons. The second-order valence-corrected chi connectivity index (χ2v) is 9.87. The van der Waals surface area contributed by atoms with Crippen LogP contribution in [-0.2, 0) is 17.1 Å².